The normalized spacial score (nSPS) is 26.2. The average Bonchev–Trinajstić information content (AvgIpc) is 3.84. The monoisotopic (exact) mass is 695 g/mol. The first-order valence-corrected chi connectivity index (χ1v) is 18.1. The van der Waals surface area contributed by atoms with Crippen LogP contribution in [0.25, 0.3) is 0 Å². The number of carbonyl (C=O) groups excluding carboxylic acids is 4. The molecule has 3 aromatic carbocycles. The smallest absolute Gasteiger partial charge is 0.338 e. The van der Waals surface area contributed by atoms with Crippen LogP contribution in [0.2, 0.25) is 0 Å². The number of aryl methyl sites for hydroxylation is 1. The summed E-state index contributed by atoms with van der Waals surface area (Å²) in [6.07, 6.45) is 0.771. The number of nitrogens with one attached hydrogen (secondary N) is 2. The van der Waals surface area contributed by atoms with Crippen LogP contribution in [0.1, 0.15) is 45.6 Å². The predicted octanol–water partition coefficient (Wildman–Crippen LogP) is 5.62. The number of H-pyrrole nitrogens is 1. The Bertz CT molecular complexity index is 2040. The lowest BCUT2D eigenvalue weighted by Gasteiger charge is -2.43. The fourth-order valence-corrected chi connectivity index (χ4v) is 11.3. The molecule has 2 N–H and O–H groups in total. The quantitative estimate of drug-likeness (QED) is 0.179. The van der Waals surface area contributed by atoms with Crippen LogP contribution in [-0.2, 0) is 19.1 Å². The van der Waals surface area contributed by atoms with Crippen LogP contribution in [-0.4, -0.2) is 47.1 Å². The van der Waals surface area contributed by atoms with Gasteiger partial charge in [0.15, 0.2) is 6.61 Å². The Hall–Kier alpha value is -4.68. The molecule has 3 heterocycles. The molecule has 4 aliphatic rings. The SMILES string of the molecule is CCOC(=O)c1ccc(NC(=O)COc2ccccc2[C@H]2c3sc(=O)[nH]c3SC3C2[C@H]2C[C@@H]3C3C(=O)N(c4ccc(C)cc4)C(=O)C32)cc1. The van der Waals surface area contributed by atoms with Gasteiger partial charge in [-0.25, -0.2) is 4.79 Å². The molecule has 2 bridgehead atoms. The highest BCUT2D eigenvalue weighted by Crippen LogP contribution is 2.69. The molecule has 2 saturated carbocycles. The second kappa shape index (κ2) is 12.3. The first-order valence-electron chi connectivity index (χ1n) is 16.4. The summed E-state index contributed by atoms with van der Waals surface area (Å²) in [6, 6.07) is 21.5. The fourth-order valence-electron chi connectivity index (χ4n) is 8.43. The number of aromatic nitrogens is 1. The van der Waals surface area contributed by atoms with Gasteiger partial charge in [-0.3, -0.25) is 24.1 Å². The number of imide groups is 1. The number of para-hydroxylation sites is 1. The Kier molecular flexibility index (Phi) is 7.95. The van der Waals surface area contributed by atoms with Gasteiger partial charge in [0.1, 0.15) is 5.75 Å². The number of thiazole rings is 1. The summed E-state index contributed by atoms with van der Waals surface area (Å²) >= 11 is 2.80. The third kappa shape index (κ3) is 5.28. The minimum Gasteiger partial charge on any atom is -0.483 e. The number of carbonyl (C=O) groups is 4. The van der Waals surface area contributed by atoms with Gasteiger partial charge in [0.05, 0.1) is 34.7 Å². The number of aromatic amines is 1. The number of hydrogen-bond acceptors (Lipinski definition) is 9. The van der Waals surface area contributed by atoms with Gasteiger partial charge in [0.2, 0.25) is 11.8 Å². The molecule has 250 valence electrons. The molecule has 3 fully saturated rings. The summed E-state index contributed by atoms with van der Waals surface area (Å²) in [5, 5.41) is 3.63. The van der Waals surface area contributed by atoms with Crippen molar-refractivity contribution in [2.45, 2.75) is 36.5 Å². The van der Waals surface area contributed by atoms with Crippen molar-refractivity contribution in [1.82, 2.24) is 4.98 Å². The standard InChI is InChI=1S/C37H33N3O7S2/c1-3-46-36(44)19-10-12-20(13-11-19)38-26(41)17-47-25-7-5-4-6-22(25)27-28-23-16-24(31(28)48-33-32(27)49-37(45)39-33)30-29(23)34(42)40(35(30)43)21-14-8-18(2)9-15-21/h4-15,23-24,27-31H,3,16-17H2,1-2H3,(H,38,41)(H,39,45)/t23-,24-,27-,28?,29?,30?,31?/m1/s1. The van der Waals surface area contributed by atoms with Gasteiger partial charge < -0.3 is 19.8 Å². The van der Waals surface area contributed by atoms with Gasteiger partial charge in [-0.15, -0.1) is 11.8 Å². The Morgan fingerprint density at radius 3 is 2.39 bits per heavy atom. The van der Waals surface area contributed by atoms with E-state index in [-0.39, 0.29) is 70.6 Å². The zero-order valence-electron chi connectivity index (χ0n) is 26.7. The van der Waals surface area contributed by atoms with E-state index >= 15 is 0 Å². The maximum Gasteiger partial charge on any atom is 0.338 e. The average molecular weight is 696 g/mol. The molecule has 0 spiro atoms. The largest absolute Gasteiger partial charge is 0.483 e. The lowest BCUT2D eigenvalue weighted by atomic mass is 9.68. The molecule has 4 aromatic rings. The number of ether oxygens (including phenoxy) is 2. The number of hydrogen-bond donors (Lipinski definition) is 2. The van der Waals surface area contributed by atoms with Crippen molar-refractivity contribution in [1.29, 1.82) is 0 Å². The predicted molar refractivity (Wildman–Crippen MR) is 185 cm³/mol. The highest BCUT2D eigenvalue weighted by atomic mass is 32.2. The number of nitrogens with zero attached hydrogens (tertiary/aromatic N) is 1. The molecule has 0 radical (unpaired) electrons. The van der Waals surface area contributed by atoms with Crippen LogP contribution in [0.5, 0.6) is 5.75 Å². The van der Waals surface area contributed by atoms with Crippen molar-refractivity contribution >= 4 is 58.2 Å². The van der Waals surface area contributed by atoms with E-state index in [9.17, 15) is 24.0 Å². The van der Waals surface area contributed by atoms with E-state index < -0.39 is 11.9 Å². The number of anilines is 2. The number of esters is 1. The Balaban J connectivity index is 1.06. The number of thioether (sulfide) groups is 1. The Labute approximate surface area is 290 Å². The Morgan fingerprint density at radius 1 is 0.939 bits per heavy atom. The van der Waals surface area contributed by atoms with Gasteiger partial charge in [-0.1, -0.05) is 47.2 Å². The van der Waals surface area contributed by atoms with E-state index in [1.54, 1.807) is 43.0 Å². The summed E-state index contributed by atoms with van der Waals surface area (Å²) in [4.78, 5) is 70.9. The zero-order chi connectivity index (χ0) is 34.0. The van der Waals surface area contributed by atoms with Gasteiger partial charge in [0.25, 0.3) is 5.91 Å². The maximum absolute atomic E-state index is 14.1. The highest BCUT2D eigenvalue weighted by Gasteiger charge is 2.69. The van der Waals surface area contributed by atoms with Crippen LogP contribution in [0.4, 0.5) is 11.4 Å². The van der Waals surface area contributed by atoms with E-state index in [0.717, 1.165) is 27.5 Å². The van der Waals surface area contributed by atoms with Crippen LogP contribution in [0.3, 0.4) is 0 Å². The Morgan fingerprint density at radius 2 is 1.65 bits per heavy atom. The lowest BCUT2D eigenvalue weighted by molar-refractivity contribution is -0.123. The van der Waals surface area contributed by atoms with Crippen molar-refractivity contribution in [2.24, 2.45) is 29.6 Å². The summed E-state index contributed by atoms with van der Waals surface area (Å²) in [5.74, 6) is -1.70. The summed E-state index contributed by atoms with van der Waals surface area (Å²) in [7, 11) is 0. The van der Waals surface area contributed by atoms with Gasteiger partial charge in [-0.2, -0.15) is 0 Å². The van der Waals surface area contributed by atoms with E-state index in [4.69, 9.17) is 9.47 Å². The number of rotatable bonds is 8. The molecule has 8 rings (SSSR count). The molecular formula is C37H33N3O7S2. The zero-order valence-corrected chi connectivity index (χ0v) is 28.3. The molecule has 7 atom stereocenters. The van der Waals surface area contributed by atoms with E-state index in [1.165, 1.54) is 16.2 Å². The number of benzene rings is 3. The number of fused-ring (bicyclic) bond motifs is 9. The second-order valence-electron chi connectivity index (χ2n) is 13.0. The molecule has 2 aliphatic carbocycles. The third-order valence-corrected chi connectivity index (χ3v) is 12.9. The van der Waals surface area contributed by atoms with Crippen LogP contribution >= 0.6 is 23.1 Å². The molecule has 3 amide bonds. The first-order chi connectivity index (χ1) is 23.7. The van der Waals surface area contributed by atoms with Crippen molar-refractivity contribution in [3.05, 3.63) is 104 Å². The molecule has 12 heteroatoms. The number of amides is 3. The van der Waals surface area contributed by atoms with Gasteiger partial charge in [-0.05, 0) is 80.5 Å². The minimum absolute atomic E-state index is 0.00924. The summed E-state index contributed by atoms with van der Waals surface area (Å²) in [6.45, 7) is 3.71. The molecule has 1 saturated heterocycles. The van der Waals surface area contributed by atoms with Crippen molar-refractivity contribution in [2.75, 3.05) is 23.4 Å². The van der Waals surface area contributed by atoms with E-state index in [2.05, 4.69) is 10.3 Å². The minimum atomic E-state index is -0.433. The van der Waals surface area contributed by atoms with Crippen LogP contribution < -0.4 is 19.8 Å². The van der Waals surface area contributed by atoms with Crippen molar-refractivity contribution in [3.63, 3.8) is 0 Å². The van der Waals surface area contributed by atoms with Gasteiger partial charge >= 0.3 is 10.8 Å². The molecule has 2 aliphatic heterocycles. The molecule has 1 aromatic heterocycles. The fraction of sp³-hybridized carbons (Fsp3) is 0.324. The van der Waals surface area contributed by atoms with Crippen LogP contribution in [0, 0.1) is 36.5 Å². The maximum atomic E-state index is 14.1. The second-order valence-corrected chi connectivity index (χ2v) is 15.2. The van der Waals surface area contributed by atoms with Gasteiger partial charge in [0, 0.05) is 27.3 Å². The van der Waals surface area contributed by atoms with Crippen LogP contribution in [0.15, 0.2) is 82.6 Å². The highest BCUT2D eigenvalue weighted by molar-refractivity contribution is 8.00. The summed E-state index contributed by atoms with van der Waals surface area (Å²) < 4.78 is 11.2. The lowest BCUT2D eigenvalue weighted by Crippen LogP contribution is -2.42. The molecule has 4 unspecified atom stereocenters. The van der Waals surface area contributed by atoms with Crippen molar-refractivity contribution < 1.29 is 28.7 Å². The first kappa shape index (κ1) is 31.6. The summed E-state index contributed by atoms with van der Waals surface area (Å²) in [5.41, 5.74) is 3.40. The van der Waals surface area contributed by atoms with E-state index in [1.807, 2.05) is 55.5 Å². The molecule has 49 heavy (non-hydrogen) atoms. The van der Waals surface area contributed by atoms with Crippen molar-refractivity contribution in [3.8, 4) is 5.75 Å². The third-order valence-electron chi connectivity index (χ3n) is 10.3. The van der Waals surface area contributed by atoms with E-state index in [0.29, 0.717) is 22.7 Å². The molecular weight excluding hydrogens is 663 g/mol. The molecule has 10 nitrogen and oxygen atoms in total. The topological polar surface area (TPSA) is 135 Å².